The Bertz CT molecular complexity index is 694. The van der Waals surface area contributed by atoms with E-state index in [0.29, 0.717) is 17.8 Å². The van der Waals surface area contributed by atoms with Gasteiger partial charge in [-0.1, -0.05) is 25.1 Å². The van der Waals surface area contributed by atoms with Crippen LogP contribution in [-0.2, 0) is 11.2 Å². The number of carbonyl (C=O) groups excluding carboxylic acids is 2. The van der Waals surface area contributed by atoms with Crippen LogP contribution in [-0.4, -0.2) is 26.0 Å². The Hall–Kier alpha value is -2.82. The van der Waals surface area contributed by atoms with Gasteiger partial charge in [-0.25, -0.2) is 4.79 Å². The van der Waals surface area contributed by atoms with E-state index in [0.717, 1.165) is 12.0 Å². The van der Waals surface area contributed by atoms with Gasteiger partial charge in [0.25, 0.3) is 0 Å². The molecule has 5 heteroatoms. The van der Waals surface area contributed by atoms with E-state index >= 15 is 0 Å². The van der Waals surface area contributed by atoms with E-state index in [1.807, 2.05) is 25.1 Å². The van der Waals surface area contributed by atoms with Gasteiger partial charge in [-0.3, -0.25) is 4.79 Å². The van der Waals surface area contributed by atoms with E-state index in [-0.39, 0.29) is 17.9 Å². The highest BCUT2D eigenvalue weighted by Gasteiger charge is 2.15. The molecule has 0 spiro atoms. The van der Waals surface area contributed by atoms with Crippen molar-refractivity contribution in [2.75, 3.05) is 13.7 Å². The Morgan fingerprint density at radius 1 is 1.17 bits per heavy atom. The van der Waals surface area contributed by atoms with Crippen LogP contribution in [0.15, 0.2) is 42.5 Å². The second-order valence-electron chi connectivity index (χ2n) is 4.76. The van der Waals surface area contributed by atoms with Crippen LogP contribution in [0, 0.1) is 0 Å². The number of aryl methyl sites for hydroxylation is 1. The largest absolute Gasteiger partial charge is 0.493 e. The molecule has 0 unspecified atom stereocenters. The van der Waals surface area contributed by atoms with Crippen molar-refractivity contribution in [2.45, 2.75) is 13.3 Å². The van der Waals surface area contributed by atoms with Crippen molar-refractivity contribution in [3.63, 3.8) is 0 Å². The average Bonchev–Trinajstić information content (AvgIpc) is 2.60. The van der Waals surface area contributed by atoms with Crippen LogP contribution in [0.4, 0.5) is 0 Å². The lowest BCUT2D eigenvalue weighted by Gasteiger charge is -2.11. The van der Waals surface area contributed by atoms with Crippen LogP contribution in [0.25, 0.3) is 0 Å². The molecule has 0 fully saturated rings. The molecule has 2 aromatic carbocycles. The number of benzene rings is 2. The van der Waals surface area contributed by atoms with Gasteiger partial charge in [0.2, 0.25) is 0 Å². The quantitative estimate of drug-likeness (QED) is 0.446. The van der Waals surface area contributed by atoms with E-state index in [2.05, 4.69) is 0 Å². The molecule has 0 amide bonds. The topological polar surface area (TPSA) is 61.8 Å². The first-order chi connectivity index (χ1) is 11.2. The smallest absolute Gasteiger partial charge is 0.349 e. The van der Waals surface area contributed by atoms with Gasteiger partial charge in [0.15, 0.2) is 24.4 Å². The number of aldehydes is 1. The van der Waals surface area contributed by atoms with Crippen LogP contribution in [0.5, 0.6) is 17.2 Å². The number of ether oxygens (including phenoxy) is 3. The Balaban J connectivity index is 2.04. The summed E-state index contributed by atoms with van der Waals surface area (Å²) in [5.41, 5.74) is 1.36. The summed E-state index contributed by atoms with van der Waals surface area (Å²) in [4.78, 5) is 23.0. The van der Waals surface area contributed by atoms with Crippen molar-refractivity contribution in [1.29, 1.82) is 0 Å². The molecular weight excluding hydrogens is 296 g/mol. The zero-order valence-corrected chi connectivity index (χ0v) is 13.1. The molecule has 0 heterocycles. The molecular formula is C18H18O5. The van der Waals surface area contributed by atoms with Crippen molar-refractivity contribution in [3.8, 4) is 17.2 Å². The van der Waals surface area contributed by atoms with Crippen molar-refractivity contribution in [1.82, 2.24) is 0 Å². The summed E-state index contributed by atoms with van der Waals surface area (Å²) >= 11 is 0. The molecule has 5 nitrogen and oxygen atoms in total. The van der Waals surface area contributed by atoms with Crippen LogP contribution >= 0.6 is 0 Å². The Kier molecular flexibility index (Phi) is 5.74. The first kappa shape index (κ1) is 16.5. The van der Waals surface area contributed by atoms with Crippen molar-refractivity contribution in [3.05, 3.63) is 53.6 Å². The molecule has 2 aromatic rings. The Labute approximate surface area is 134 Å². The zero-order valence-electron chi connectivity index (χ0n) is 13.1. The van der Waals surface area contributed by atoms with E-state index in [4.69, 9.17) is 14.2 Å². The lowest BCUT2D eigenvalue weighted by molar-refractivity contribution is -0.136. The Morgan fingerprint density at radius 2 is 1.96 bits per heavy atom. The molecule has 0 aliphatic heterocycles. The summed E-state index contributed by atoms with van der Waals surface area (Å²) in [6.45, 7) is 1.78. The van der Waals surface area contributed by atoms with Gasteiger partial charge in [-0.2, -0.15) is 0 Å². The molecule has 23 heavy (non-hydrogen) atoms. The average molecular weight is 314 g/mol. The maximum absolute atomic E-state index is 12.0. The standard InChI is InChI=1S/C18H18O5/c1-3-13-6-4-8-15(10-13)22-12-17(20)23-18-14(11-19)7-5-9-16(18)21-2/h4-11H,3,12H2,1-2H3. The third kappa shape index (κ3) is 4.32. The minimum Gasteiger partial charge on any atom is -0.493 e. The predicted octanol–water partition coefficient (Wildman–Crippen LogP) is 3.05. The summed E-state index contributed by atoms with van der Waals surface area (Å²) in [7, 11) is 1.44. The monoisotopic (exact) mass is 314 g/mol. The second-order valence-corrected chi connectivity index (χ2v) is 4.76. The van der Waals surface area contributed by atoms with Crippen molar-refractivity contribution < 1.29 is 23.8 Å². The van der Waals surface area contributed by atoms with Gasteiger partial charge in [0.1, 0.15) is 5.75 Å². The van der Waals surface area contributed by atoms with Crippen LogP contribution in [0.1, 0.15) is 22.8 Å². The fourth-order valence-electron chi connectivity index (χ4n) is 2.04. The molecule has 0 atom stereocenters. The maximum Gasteiger partial charge on any atom is 0.349 e. The predicted molar refractivity (Wildman–Crippen MR) is 85.3 cm³/mol. The molecule has 120 valence electrons. The highest BCUT2D eigenvalue weighted by atomic mass is 16.6. The van der Waals surface area contributed by atoms with Gasteiger partial charge in [0.05, 0.1) is 12.7 Å². The number of carbonyl (C=O) groups is 2. The zero-order chi connectivity index (χ0) is 16.7. The summed E-state index contributed by atoms with van der Waals surface area (Å²) in [5.74, 6) is 0.397. The fourth-order valence-corrected chi connectivity index (χ4v) is 2.04. The number of hydrogen-bond acceptors (Lipinski definition) is 5. The molecule has 0 N–H and O–H groups in total. The molecule has 0 aromatic heterocycles. The van der Waals surface area contributed by atoms with E-state index in [1.165, 1.54) is 7.11 Å². The van der Waals surface area contributed by atoms with Gasteiger partial charge >= 0.3 is 5.97 Å². The third-order valence-electron chi connectivity index (χ3n) is 3.24. The SMILES string of the molecule is CCc1cccc(OCC(=O)Oc2c(C=O)cccc2OC)c1. The molecule has 0 saturated heterocycles. The summed E-state index contributed by atoms with van der Waals surface area (Å²) < 4.78 is 15.7. The summed E-state index contributed by atoms with van der Waals surface area (Å²) in [6.07, 6.45) is 1.49. The summed E-state index contributed by atoms with van der Waals surface area (Å²) in [5, 5.41) is 0. The lowest BCUT2D eigenvalue weighted by atomic mass is 10.2. The van der Waals surface area contributed by atoms with Gasteiger partial charge in [-0.15, -0.1) is 0 Å². The molecule has 0 bridgehead atoms. The number of para-hydroxylation sites is 1. The highest BCUT2D eigenvalue weighted by molar-refractivity contribution is 5.84. The van der Waals surface area contributed by atoms with Gasteiger partial charge in [0, 0.05) is 0 Å². The maximum atomic E-state index is 12.0. The fraction of sp³-hybridized carbons (Fsp3) is 0.222. The highest BCUT2D eigenvalue weighted by Crippen LogP contribution is 2.30. The summed E-state index contributed by atoms with van der Waals surface area (Å²) in [6, 6.07) is 12.3. The van der Waals surface area contributed by atoms with E-state index < -0.39 is 5.97 Å². The van der Waals surface area contributed by atoms with Crippen molar-refractivity contribution in [2.24, 2.45) is 0 Å². The lowest BCUT2D eigenvalue weighted by Crippen LogP contribution is -2.18. The molecule has 0 radical (unpaired) electrons. The molecule has 0 aliphatic carbocycles. The third-order valence-corrected chi connectivity index (χ3v) is 3.24. The van der Waals surface area contributed by atoms with Gasteiger partial charge in [-0.05, 0) is 36.2 Å². The van der Waals surface area contributed by atoms with Crippen LogP contribution < -0.4 is 14.2 Å². The minimum atomic E-state index is -0.612. The first-order valence-corrected chi connectivity index (χ1v) is 7.22. The van der Waals surface area contributed by atoms with E-state index in [9.17, 15) is 9.59 Å². The normalized spacial score (nSPS) is 10.0. The number of hydrogen-bond donors (Lipinski definition) is 0. The number of rotatable bonds is 7. The minimum absolute atomic E-state index is 0.0981. The number of esters is 1. The molecule has 2 rings (SSSR count). The first-order valence-electron chi connectivity index (χ1n) is 7.22. The molecule has 0 saturated carbocycles. The van der Waals surface area contributed by atoms with Crippen LogP contribution in [0.3, 0.4) is 0 Å². The second kappa shape index (κ2) is 7.98. The van der Waals surface area contributed by atoms with Crippen molar-refractivity contribution >= 4 is 12.3 Å². The number of methoxy groups -OCH3 is 1. The molecule has 0 aliphatic rings. The van der Waals surface area contributed by atoms with E-state index in [1.54, 1.807) is 24.3 Å². The van der Waals surface area contributed by atoms with Gasteiger partial charge < -0.3 is 14.2 Å². The Morgan fingerprint density at radius 3 is 2.65 bits per heavy atom. The van der Waals surface area contributed by atoms with Crippen LogP contribution in [0.2, 0.25) is 0 Å².